The van der Waals surface area contributed by atoms with Crippen molar-refractivity contribution in [2.24, 2.45) is 5.92 Å². The number of hydrogen-bond donors (Lipinski definition) is 1. The average Bonchev–Trinajstić information content (AvgIpc) is 2.58. The largest absolute Gasteiger partial charge is 0.453 e. The Kier molecular flexibility index (Phi) is 4.51. The van der Waals surface area contributed by atoms with Gasteiger partial charge in [-0.05, 0) is 46.7 Å². The lowest BCUT2D eigenvalue weighted by Gasteiger charge is -2.19. The van der Waals surface area contributed by atoms with Crippen molar-refractivity contribution in [3.8, 4) is 0 Å². The van der Waals surface area contributed by atoms with Crippen molar-refractivity contribution >= 4 is 11.9 Å². The number of carbonyl (C=O) groups is 2. The summed E-state index contributed by atoms with van der Waals surface area (Å²) in [6, 6.07) is 0. The highest BCUT2D eigenvalue weighted by Gasteiger charge is 2.25. The van der Waals surface area contributed by atoms with Crippen molar-refractivity contribution in [2.45, 2.75) is 32.8 Å². The predicted molar refractivity (Wildman–Crippen MR) is 64.5 cm³/mol. The zero-order valence-corrected chi connectivity index (χ0v) is 11.1. The van der Waals surface area contributed by atoms with Gasteiger partial charge in [-0.1, -0.05) is 0 Å². The maximum atomic E-state index is 11.5. The van der Waals surface area contributed by atoms with Crippen LogP contribution in [0.3, 0.4) is 0 Å². The van der Waals surface area contributed by atoms with Crippen molar-refractivity contribution in [1.82, 2.24) is 10.2 Å². The smallest absolute Gasteiger partial charge is 0.397 e. The predicted octanol–water partition coefficient (Wildman–Crippen LogP) is 0.396. The molecule has 1 amide bonds. The zero-order valence-electron chi connectivity index (χ0n) is 11.1. The van der Waals surface area contributed by atoms with Crippen molar-refractivity contribution in [1.29, 1.82) is 0 Å². The van der Waals surface area contributed by atoms with Crippen LogP contribution in [0.4, 0.5) is 0 Å². The van der Waals surface area contributed by atoms with Gasteiger partial charge in [0.1, 0.15) is 5.60 Å². The van der Waals surface area contributed by atoms with Gasteiger partial charge in [-0.3, -0.25) is 4.79 Å². The lowest BCUT2D eigenvalue weighted by Crippen LogP contribution is -2.39. The highest BCUT2D eigenvalue weighted by atomic mass is 16.6. The zero-order chi connectivity index (χ0) is 13.1. The minimum absolute atomic E-state index is 0.436. The van der Waals surface area contributed by atoms with Gasteiger partial charge in [0.25, 0.3) is 0 Å². The molecule has 1 aliphatic heterocycles. The van der Waals surface area contributed by atoms with Crippen molar-refractivity contribution in [3.05, 3.63) is 0 Å². The first-order valence-corrected chi connectivity index (χ1v) is 5.97. The quantitative estimate of drug-likeness (QED) is 0.562. The molecule has 0 aliphatic carbocycles. The highest BCUT2D eigenvalue weighted by Crippen LogP contribution is 2.13. The molecule has 0 saturated carbocycles. The third kappa shape index (κ3) is 5.17. The summed E-state index contributed by atoms with van der Waals surface area (Å²) in [4.78, 5) is 25.1. The molecule has 0 bridgehead atoms. The summed E-state index contributed by atoms with van der Waals surface area (Å²) < 4.78 is 4.97. The molecule has 1 fully saturated rings. The van der Waals surface area contributed by atoms with E-state index in [2.05, 4.69) is 17.3 Å². The fourth-order valence-corrected chi connectivity index (χ4v) is 1.83. The lowest BCUT2D eigenvalue weighted by atomic mass is 10.1. The maximum absolute atomic E-state index is 11.5. The van der Waals surface area contributed by atoms with E-state index < -0.39 is 17.5 Å². The summed E-state index contributed by atoms with van der Waals surface area (Å²) in [7, 11) is 2.05. The molecule has 5 heteroatoms. The fraction of sp³-hybridized carbons (Fsp3) is 0.833. The number of esters is 1. The molecule has 1 saturated heterocycles. The third-order valence-corrected chi connectivity index (χ3v) is 2.62. The van der Waals surface area contributed by atoms with Crippen LogP contribution in [0.1, 0.15) is 27.2 Å². The van der Waals surface area contributed by atoms with Crippen LogP contribution in [-0.2, 0) is 14.3 Å². The molecule has 1 N–H and O–H groups in total. The molecule has 1 aliphatic rings. The van der Waals surface area contributed by atoms with Crippen LogP contribution in [0.15, 0.2) is 0 Å². The molecule has 1 rings (SSSR count). The maximum Gasteiger partial charge on any atom is 0.397 e. The molecule has 1 heterocycles. The van der Waals surface area contributed by atoms with Gasteiger partial charge in [0.15, 0.2) is 0 Å². The molecule has 0 aromatic rings. The standard InChI is InChI=1S/C12H22N2O3/c1-12(2,3)17-11(16)10(15)13-7-9-5-6-14(4)8-9/h9H,5-8H2,1-4H3,(H,13,15). The van der Waals surface area contributed by atoms with Gasteiger partial charge in [0.2, 0.25) is 0 Å². The first kappa shape index (κ1) is 14.0. The monoisotopic (exact) mass is 242 g/mol. The van der Waals surface area contributed by atoms with Gasteiger partial charge >= 0.3 is 11.9 Å². The molecule has 17 heavy (non-hydrogen) atoms. The molecule has 0 spiro atoms. The minimum atomic E-state index is -0.802. The van der Waals surface area contributed by atoms with Gasteiger partial charge in [-0.2, -0.15) is 0 Å². The number of amides is 1. The molecule has 98 valence electrons. The Morgan fingerprint density at radius 1 is 1.41 bits per heavy atom. The van der Waals surface area contributed by atoms with Crippen LogP contribution in [0.5, 0.6) is 0 Å². The molecule has 1 unspecified atom stereocenters. The number of nitrogens with zero attached hydrogens (tertiary/aromatic N) is 1. The van der Waals surface area contributed by atoms with Crippen molar-refractivity contribution in [2.75, 3.05) is 26.7 Å². The second-order valence-corrected chi connectivity index (χ2v) is 5.63. The highest BCUT2D eigenvalue weighted by molar-refractivity contribution is 6.32. The number of nitrogens with one attached hydrogen (secondary N) is 1. The van der Waals surface area contributed by atoms with E-state index >= 15 is 0 Å². The van der Waals surface area contributed by atoms with E-state index in [0.717, 1.165) is 19.5 Å². The number of likely N-dealkylation sites (tertiary alicyclic amines) is 1. The molecular weight excluding hydrogens is 220 g/mol. The van der Waals surface area contributed by atoms with E-state index in [1.54, 1.807) is 20.8 Å². The molecule has 0 radical (unpaired) electrons. The van der Waals surface area contributed by atoms with Gasteiger partial charge in [-0.15, -0.1) is 0 Å². The SMILES string of the molecule is CN1CCC(CNC(=O)C(=O)OC(C)(C)C)C1. The Hall–Kier alpha value is -1.10. The Morgan fingerprint density at radius 2 is 2.06 bits per heavy atom. The van der Waals surface area contributed by atoms with E-state index in [1.807, 2.05) is 0 Å². The molecule has 1 atom stereocenters. The molecule has 0 aromatic carbocycles. The molecule has 0 aromatic heterocycles. The van der Waals surface area contributed by atoms with Crippen LogP contribution >= 0.6 is 0 Å². The van der Waals surface area contributed by atoms with Gasteiger partial charge in [0.05, 0.1) is 0 Å². The van der Waals surface area contributed by atoms with Crippen LogP contribution in [0.25, 0.3) is 0 Å². The molecular formula is C12H22N2O3. The van der Waals surface area contributed by atoms with E-state index in [9.17, 15) is 9.59 Å². The summed E-state index contributed by atoms with van der Waals surface area (Å²) in [5.74, 6) is -1.01. The van der Waals surface area contributed by atoms with E-state index in [4.69, 9.17) is 4.74 Å². The Morgan fingerprint density at radius 3 is 2.53 bits per heavy atom. The van der Waals surface area contributed by atoms with Gasteiger partial charge in [0, 0.05) is 13.1 Å². The Bertz CT molecular complexity index is 297. The lowest BCUT2D eigenvalue weighted by molar-refractivity contribution is -0.163. The van der Waals surface area contributed by atoms with Crippen LogP contribution in [0, 0.1) is 5.92 Å². The summed E-state index contributed by atoms with van der Waals surface area (Å²) in [6.07, 6.45) is 1.06. The second kappa shape index (κ2) is 5.49. The van der Waals surface area contributed by atoms with Crippen LogP contribution in [-0.4, -0.2) is 49.1 Å². The van der Waals surface area contributed by atoms with Crippen molar-refractivity contribution < 1.29 is 14.3 Å². The topological polar surface area (TPSA) is 58.6 Å². The molecule has 5 nitrogen and oxygen atoms in total. The number of carbonyl (C=O) groups excluding carboxylic acids is 2. The van der Waals surface area contributed by atoms with Crippen LogP contribution in [0.2, 0.25) is 0 Å². The third-order valence-electron chi connectivity index (χ3n) is 2.62. The second-order valence-electron chi connectivity index (χ2n) is 5.63. The van der Waals surface area contributed by atoms with E-state index in [-0.39, 0.29) is 0 Å². The minimum Gasteiger partial charge on any atom is -0.453 e. The van der Waals surface area contributed by atoms with E-state index in [0.29, 0.717) is 12.5 Å². The van der Waals surface area contributed by atoms with Crippen molar-refractivity contribution in [3.63, 3.8) is 0 Å². The first-order chi connectivity index (χ1) is 7.78. The summed E-state index contributed by atoms with van der Waals surface area (Å²) in [5, 5.41) is 2.63. The van der Waals surface area contributed by atoms with Gasteiger partial charge in [-0.25, -0.2) is 4.79 Å². The first-order valence-electron chi connectivity index (χ1n) is 5.97. The normalized spacial score (nSPS) is 21.3. The summed E-state index contributed by atoms with van der Waals surface area (Å²) >= 11 is 0. The van der Waals surface area contributed by atoms with Crippen LogP contribution < -0.4 is 5.32 Å². The summed E-state index contributed by atoms with van der Waals surface area (Å²) in [6.45, 7) is 7.78. The Balaban J connectivity index is 2.27. The number of hydrogen-bond acceptors (Lipinski definition) is 4. The van der Waals surface area contributed by atoms with E-state index in [1.165, 1.54) is 0 Å². The van der Waals surface area contributed by atoms with Gasteiger partial charge < -0.3 is 15.0 Å². The average molecular weight is 242 g/mol. The Labute approximate surface area is 102 Å². The number of rotatable bonds is 2. The summed E-state index contributed by atoms with van der Waals surface area (Å²) in [5.41, 5.74) is -0.623. The fourth-order valence-electron chi connectivity index (χ4n) is 1.83. The number of ether oxygens (including phenoxy) is 1.